The smallest absolute Gasteiger partial charge is 0.229 e. The highest BCUT2D eigenvalue weighted by molar-refractivity contribution is 5.91. The van der Waals surface area contributed by atoms with Crippen LogP contribution in [0.25, 0.3) is 33.7 Å². The van der Waals surface area contributed by atoms with Crippen molar-refractivity contribution in [1.82, 2.24) is 34.8 Å². The maximum atomic E-state index is 5.14. The summed E-state index contributed by atoms with van der Waals surface area (Å²) in [7, 11) is 2.08. The summed E-state index contributed by atoms with van der Waals surface area (Å²) in [4.78, 5) is 28.8. The summed E-state index contributed by atoms with van der Waals surface area (Å²) in [5.41, 5.74) is 6.63. The third kappa shape index (κ3) is 4.56. The van der Waals surface area contributed by atoms with Gasteiger partial charge in [0.1, 0.15) is 0 Å². The monoisotopic (exact) mass is 531 g/mol. The van der Waals surface area contributed by atoms with Gasteiger partial charge in [-0.05, 0) is 37.1 Å². The standard InChI is InChI=1S/C31H33N9/c1-38(27-12-5-4-10-24(27)22-13-14-26(34-20-22)25-11-6-7-15-33-25)29-28-30(40(21-35-28)23-8-2-3-9-23)37-31(36-29)39-18-16-32-17-19-39/h4-7,10-15,20-21,23,32H,2-3,8-9,16-19H2,1H3. The van der Waals surface area contributed by atoms with Crippen LogP contribution in [0.1, 0.15) is 31.7 Å². The van der Waals surface area contributed by atoms with Crippen molar-refractivity contribution in [2.45, 2.75) is 31.7 Å². The Labute approximate surface area is 234 Å². The number of para-hydroxylation sites is 1. The first kappa shape index (κ1) is 24.7. The summed E-state index contributed by atoms with van der Waals surface area (Å²) in [5, 5.41) is 3.44. The van der Waals surface area contributed by atoms with Gasteiger partial charge in [0.25, 0.3) is 0 Å². The van der Waals surface area contributed by atoms with Gasteiger partial charge in [0, 0.05) is 62.8 Å². The molecule has 0 spiro atoms. The third-order valence-electron chi connectivity index (χ3n) is 8.09. The Hall–Kier alpha value is -4.37. The molecule has 1 saturated heterocycles. The van der Waals surface area contributed by atoms with Gasteiger partial charge in [0.05, 0.1) is 23.4 Å². The van der Waals surface area contributed by atoms with E-state index < -0.39 is 0 Å². The van der Waals surface area contributed by atoms with E-state index in [1.807, 2.05) is 36.8 Å². The zero-order valence-electron chi connectivity index (χ0n) is 22.7. The van der Waals surface area contributed by atoms with Gasteiger partial charge in [-0.1, -0.05) is 43.2 Å². The molecule has 1 aliphatic heterocycles. The van der Waals surface area contributed by atoms with Crippen LogP contribution in [0.3, 0.4) is 0 Å². The molecule has 5 heterocycles. The molecule has 9 heteroatoms. The molecular formula is C31H33N9. The molecule has 1 saturated carbocycles. The summed E-state index contributed by atoms with van der Waals surface area (Å²) >= 11 is 0. The fourth-order valence-electron chi connectivity index (χ4n) is 5.92. The first-order valence-electron chi connectivity index (χ1n) is 14.2. The summed E-state index contributed by atoms with van der Waals surface area (Å²) in [5.74, 6) is 1.59. The van der Waals surface area contributed by atoms with Crippen molar-refractivity contribution in [2.24, 2.45) is 0 Å². The Balaban J connectivity index is 1.31. The van der Waals surface area contributed by atoms with E-state index in [2.05, 4.69) is 62.0 Å². The average molecular weight is 532 g/mol. The highest BCUT2D eigenvalue weighted by Crippen LogP contribution is 2.38. The molecule has 2 fully saturated rings. The summed E-state index contributed by atoms with van der Waals surface area (Å²) in [6, 6.07) is 18.9. The molecular weight excluding hydrogens is 498 g/mol. The Morgan fingerprint density at radius 3 is 2.42 bits per heavy atom. The molecule has 0 amide bonds. The second kappa shape index (κ2) is 10.7. The molecule has 0 atom stereocenters. The minimum Gasteiger partial charge on any atom is -0.338 e. The van der Waals surface area contributed by atoms with Gasteiger partial charge in [-0.3, -0.25) is 9.97 Å². The number of hydrogen-bond acceptors (Lipinski definition) is 8. The molecule has 0 radical (unpaired) electrons. The van der Waals surface area contributed by atoms with Gasteiger partial charge >= 0.3 is 0 Å². The van der Waals surface area contributed by atoms with Gasteiger partial charge in [-0.15, -0.1) is 0 Å². The summed E-state index contributed by atoms with van der Waals surface area (Å²) in [6.07, 6.45) is 10.6. The number of nitrogens with zero attached hydrogens (tertiary/aromatic N) is 8. The maximum absolute atomic E-state index is 5.14. The lowest BCUT2D eigenvalue weighted by Gasteiger charge is -2.29. The van der Waals surface area contributed by atoms with E-state index in [9.17, 15) is 0 Å². The molecule has 7 rings (SSSR count). The minimum atomic E-state index is 0.449. The number of piperazine rings is 1. The van der Waals surface area contributed by atoms with Gasteiger partial charge in [0.2, 0.25) is 5.95 Å². The fourth-order valence-corrected chi connectivity index (χ4v) is 5.92. The third-order valence-corrected chi connectivity index (χ3v) is 8.09. The van der Waals surface area contributed by atoms with Crippen LogP contribution in [0.2, 0.25) is 0 Å². The summed E-state index contributed by atoms with van der Waals surface area (Å²) in [6.45, 7) is 3.63. The predicted molar refractivity (Wildman–Crippen MR) is 159 cm³/mol. The SMILES string of the molecule is CN(c1ccccc1-c1ccc(-c2ccccn2)nc1)c1nc(N2CCNCC2)nc2c1ncn2C1CCCC1. The first-order chi connectivity index (χ1) is 19.8. The largest absolute Gasteiger partial charge is 0.338 e. The Morgan fingerprint density at radius 1 is 0.850 bits per heavy atom. The molecule has 1 aliphatic carbocycles. The lowest BCUT2D eigenvalue weighted by Crippen LogP contribution is -2.44. The quantitative estimate of drug-likeness (QED) is 0.318. The van der Waals surface area contributed by atoms with Crippen molar-refractivity contribution < 1.29 is 0 Å². The Bertz CT molecular complexity index is 1600. The highest BCUT2D eigenvalue weighted by Gasteiger charge is 2.26. The fraction of sp³-hybridized carbons (Fsp3) is 0.323. The van der Waals surface area contributed by atoms with E-state index in [0.717, 1.165) is 77.3 Å². The number of hydrogen-bond donors (Lipinski definition) is 1. The molecule has 0 unspecified atom stereocenters. The number of aromatic nitrogens is 6. The molecule has 0 bridgehead atoms. The average Bonchev–Trinajstić information content (AvgIpc) is 3.72. The Morgan fingerprint density at radius 2 is 1.65 bits per heavy atom. The van der Waals surface area contributed by atoms with E-state index in [1.165, 1.54) is 25.7 Å². The molecule has 40 heavy (non-hydrogen) atoms. The number of benzene rings is 1. The van der Waals surface area contributed by atoms with Gasteiger partial charge in [-0.2, -0.15) is 9.97 Å². The van der Waals surface area contributed by atoms with Crippen molar-refractivity contribution in [3.8, 4) is 22.5 Å². The normalized spacial score (nSPS) is 16.1. The van der Waals surface area contributed by atoms with Crippen molar-refractivity contribution >= 4 is 28.6 Å². The van der Waals surface area contributed by atoms with Crippen molar-refractivity contribution in [3.63, 3.8) is 0 Å². The highest BCUT2D eigenvalue weighted by atomic mass is 15.3. The zero-order valence-corrected chi connectivity index (χ0v) is 22.7. The lowest BCUT2D eigenvalue weighted by atomic mass is 10.0. The van der Waals surface area contributed by atoms with Crippen molar-refractivity contribution in [1.29, 1.82) is 0 Å². The van der Waals surface area contributed by atoms with Crippen molar-refractivity contribution in [2.75, 3.05) is 43.0 Å². The molecule has 5 aromatic rings. The van der Waals surface area contributed by atoms with Crippen LogP contribution in [0.4, 0.5) is 17.5 Å². The van der Waals surface area contributed by atoms with Crippen LogP contribution in [0.15, 0.2) is 73.3 Å². The molecule has 1 N–H and O–H groups in total. The summed E-state index contributed by atoms with van der Waals surface area (Å²) < 4.78 is 2.29. The van der Waals surface area contributed by atoms with Crippen LogP contribution in [-0.2, 0) is 0 Å². The van der Waals surface area contributed by atoms with Crippen molar-refractivity contribution in [3.05, 3.63) is 73.3 Å². The lowest BCUT2D eigenvalue weighted by molar-refractivity contribution is 0.528. The molecule has 1 aromatic carbocycles. The minimum absolute atomic E-state index is 0.449. The number of nitrogens with one attached hydrogen (secondary N) is 1. The first-order valence-corrected chi connectivity index (χ1v) is 14.2. The number of anilines is 3. The number of rotatable bonds is 6. The van der Waals surface area contributed by atoms with Crippen LogP contribution >= 0.6 is 0 Å². The molecule has 2 aliphatic rings. The zero-order chi connectivity index (χ0) is 26.9. The van der Waals surface area contributed by atoms with E-state index in [0.29, 0.717) is 6.04 Å². The van der Waals surface area contributed by atoms with E-state index in [1.54, 1.807) is 6.20 Å². The molecule has 9 nitrogen and oxygen atoms in total. The Kier molecular flexibility index (Phi) is 6.57. The maximum Gasteiger partial charge on any atom is 0.229 e. The second-order valence-corrected chi connectivity index (χ2v) is 10.6. The molecule has 202 valence electrons. The van der Waals surface area contributed by atoms with Gasteiger partial charge < -0.3 is 19.7 Å². The number of pyridine rings is 2. The topological polar surface area (TPSA) is 87.9 Å². The number of fused-ring (bicyclic) bond motifs is 1. The molecule has 4 aromatic heterocycles. The number of imidazole rings is 1. The van der Waals surface area contributed by atoms with E-state index in [4.69, 9.17) is 19.9 Å². The predicted octanol–water partition coefficient (Wildman–Crippen LogP) is 5.24. The van der Waals surface area contributed by atoms with Crippen LogP contribution in [0, 0.1) is 0 Å². The van der Waals surface area contributed by atoms with E-state index >= 15 is 0 Å². The van der Waals surface area contributed by atoms with E-state index in [-0.39, 0.29) is 0 Å². The van der Waals surface area contributed by atoms with Crippen LogP contribution in [0.5, 0.6) is 0 Å². The van der Waals surface area contributed by atoms with Gasteiger partial charge in [-0.25, -0.2) is 4.98 Å². The second-order valence-electron chi connectivity index (χ2n) is 10.6. The van der Waals surface area contributed by atoms with Crippen LogP contribution in [-0.4, -0.2) is 62.7 Å². The van der Waals surface area contributed by atoms with Crippen LogP contribution < -0.4 is 15.1 Å². The van der Waals surface area contributed by atoms with Gasteiger partial charge in [0.15, 0.2) is 17.0 Å².